The first-order chi connectivity index (χ1) is 9.72. The lowest BCUT2D eigenvalue weighted by atomic mass is 10.1. The van der Waals surface area contributed by atoms with E-state index in [9.17, 15) is 4.79 Å². The average Bonchev–Trinajstić information content (AvgIpc) is 2.95. The molecule has 0 radical (unpaired) electrons. The minimum atomic E-state index is -0.347. The second kappa shape index (κ2) is 6.80. The number of methoxy groups -OCH3 is 1. The summed E-state index contributed by atoms with van der Waals surface area (Å²) in [6.07, 6.45) is 2.27. The number of H-pyrrole nitrogens is 1. The number of carbonyl (C=O) groups excluding carboxylic acids is 1. The zero-order chi connectivity index (χ0) is 14.4. The lowest BCUT2D eigenvalue weighted by Gasteiger charge is -2.06. The van der Waals surface area contributed by atoms with Gasteiger partial charge < -0.3 is 15.0 Å². The number of carbonyl (C=O) groups is 1. The SMILES string of the molecule is CCCc1ccc(NCc2ccc(C(=O)OC)[nH]2)cc1. The molecule has 0 aliphatic carbocycles. The summed E-state index contributed by atoms with van der Waals surface area (Å²) in [7, 11) is 1.37. The van der Waals surface area contributed by atoms with E-state index in [0.29, 0.717) is 12.2 Å². The summed E-state index contributed by atoms with van der Waals surface area (Å²) in [5.74, 6) is -0.347. The van der Waals surface area contributed by atoms with Gasteiger partial charge in [-0.3, -0.25) is 0 Å². The molecule has 0 aliphatic heterocycles. The van der Waals surface area contributed by atoms with Crippen molar-refractivity contribution >= 4 is 11.7 Å². The highest BCUT2D eigenvalue weighted by atomic mass is 16.5. The molecule has 2 rings (SSSR count). The first-order valence-corrected chi connectivity index (χ1v) is 6.82. The van der Waals surface area contributed by atoms with Crippen LogP contribution in [0.2, 0.25) is 0 Å². The predicted octanol–water partition coefficient (Wildman–Crippen LogP) is 3.37. The monoisotopic (exact) mass is 272 g/mol. The van der Waals surface area contributed by atoms with Crippen LogP contribution in [0.5, 0.6) is 0 Å². The van der Waals surface area contributed by atoms with E-state index in [1.165, 1.54) is 12.7 Å². The van der Waals surface area contributed by atoms with Crippen molar-refractivity contribution in [2.24, 2.45) is 0 Å². The molecule has 1 heterocycles. The van der Waals surface area contributed by atoms with Crippen molar-refractivity contribution < 1.29 is 9.53 Å². The van der Waals surface area contributed by atoms with Crippen LogP contribution >= 0.6 is 0 Å². The van der Waals surface area contributed by atoms with Crippen LogP contribution in [0.25, 0.3) is 0 Å². The maximum absolute atomic E-state index is 11.3. The molecule has 0 saturated carbocycles. The van der Waals surface area contributed by atoms with Crippen LogP contribution in [-0.2, 0) is 17.7 Å². The predicted molar refractivity (Wildman–Crippen MR) is 79.9 cm³/mol. The van der Waals surface area contributed by atoms with Gasteiger partial charge in [0.2, 0.25) is 0 Å². The highest BCUT2D eigenvalue weighted by Gasteiger charge is 2.07. The van der Waals surface area contributed by atoms with Crippen molar-refractivity contribution in [3.63, 3.8) is 0 Å². The molecule has 0 unspecified atom stereocenters. The summed E-state index contributed by atoms with van der Waals surface area (Å²) < 4.78 is 4.66. The molecular weight excluding hydrogens is 252 g/mol. The third-order valence-corrected chi connectivity index (χ3v) is 3.13. The number of hydrogen-bond donors (Lipinski definition) is 2. The molecule has 0 bridgehead atoms. The van der Waals surface area contributed by atoms with Crippen molar-refractivity contribution in [3.05, 3.63) is 53.3 Å². The molecule has 0 amide bonds. The minimum absolute atomic E-state index is 0.347. The van der Waals surface area contributed by atoms with Crippen LogP contribution in [-0.4, -0.2) is 18.1 Å². The van der Waals surface area contributed by atoms with Gasteiger partial charge in [0, 0.05) is 11.4 Å². The van der Waals surface area contributed by atoms with Crippen LogP contribution in [0.1, 0.15) is 35.1 Å². The summed E-state index contributed by atoms with van der Waals surface area (Å²) in [5, 5.41) is 3.32. The average molecular weight is 272 g/mol. The number of nitrogens with one attached hydrogen (secondary N) is 2. The number of hydrogen-bond acceptors (Lipinski definition) is 3. The minimum Gasteiger partial charge on any atom is -0.464 e. The first-order valence-electron chi connectivity index (χ1n) is 6.82. The standard InChI is InChI=1S/C16H20N2O2/c1-3-4-12-5-7-13(8-6-12)17-11-14-9-10-15(18-14)16(19)20-2/h5-10,17-18H,3-4,11H2,1-2H3. The van der Waals surface area contributed by atoms with Crippen LogP contribution in [0.4, 0.5) is 5.69 Å². The molecule has 0 fully saturated rings. The van der Waals surface area contributed by atoms with Crippen LogP contribution < -0.4 is 5.32 Å². The Balaban J connectivity index is 1.91. The van der Waals surface area contributed by atoms with Gasteiger partial charge >= 0.3 is 5.97 Å². The van der Waals surface area contributed by atoms with E-state index in [0.717, 1.165) is 24.2 Å². The summed E-state index contributed by atoms with van der Waals surface area (Å²) in [4.78, 5) is 14.4. The Labute approximate surface area is 119 Å². The van der Waals surface area contributed by atoms with E-state index in [1.54, 1.807) is 6.07 Å². The number of benzene rings is 1. The number of rotatable bonds is 6. The summed E-state index contributed by atoms with van der Waals surface area (Å²) >= 11 is 0. The lowest BCUT2D eigenvalue weighted by molar-refractivity contribution is 0.0594. The highest BCUT2D eigenvalue weighted by Crippen LogP contribution is 2.12. The smallest absolute Gasteiger partial charge is 0.354 e. The van der Waals surface area contributed by atoms with Gasteiger partial charge in [0.1, 0.15) is 5.69 Å². The second-order valence-corrected chi connectivity index (χ2v) is 4.69. The Hall–Kier alpha value is -2.23. The Morgan fingerprint density at radius 3 is 2.60 bits per heavy atom. The highest BCUT2D eigenvalue weighted by molar-refractivity contribution is 5.87. The number of ether oxygens (including phenoxy) is 1. The summed E-state index contributed by atoms with van der Waals surface area (Å²) in [6.45, 7) is 2.82. The first kappa shape index (κ1) is 14.2. The summed E-state index contributed by atoms with van der Waals surface area (Å²) in [5.41, 5.74) is 3.84. The molecule has 0 spiro atoms. The fourth-order valence-corrected chi connectivity index (χ4v) is 2.05. The van der Waals surface area contributed by atoms with Gasteiger partial charge in [0.05, 0.1) is 13.7 Å². The molecule has 2 aromatic rings. The van der Waals surface area contributed by atoms with Gasteiger partial charge in [0.15, 0.2) is 0 Å². The van der Waals surface area contributed by atoms with E-state index in [4.69, 9.17) is 0 Å². The van der Waals surface area contributed by atoms with Crippen molar-refractivity contribution in [1.82, 2.24) is 4.98 Å². The van der Waals surface area contributed by atoms with Crippen LogP contribution in [0.15, 0.2) is 36.4 Å². The number of aromatic nitrogens is 1. The number of anilines is 1. The topological polar surface area (TPSA) is 54.1 Å². The molecular formula is C16H20N2O2. The maximum atomic E-state index is 11.3. The number of esters is 1. The molecule has 1 aromatic heterocycles. The van der Waals surface area contributed by atoms with Gasteiger partial charge in [-0.2, -0.15) is 0 Å². The molecule has 2 N–H and O–H groups in total. The van der Waals surface area contributed by atoms with E-state index in [2.05, 4.69) is 46.2 Å². The largest absolute Gasteiger partial charge is 0.464 e. The molecule has 0 aliphatic rings. The second-order valence-electron chi connectivity index (χ2n) is 4.69. The third-order valence-electron chi connectivity index (χ3n) is 3.13. The maximum Gasteiger partial charge on any atom is 0.354 e. The molecule has 106 valence electrons. The van der Waals surface area contributed by atoms with Crippen molar-refractivity contribution in [1.29, 1.82) is 0 Å². The molecule has 0 atom stereocenters. The van der Waals surface area contributed by atoms with Gasteiger partial charge in [-0.25, -0.2) is 4.79 Å². The van der Waals surface area contributed by atoms with E-state index < -0.39 is 0 Å². The van der Waals surface area contributed by atoms with E-state index >= 15 is 0 Å². The fraction of sp³-hybridized carbons (Fsp3) is 0.312. The Bertz CT molecular complexity index is 558. The van der Waals surface area contributed by atoms with Crippen LogP contribution in [0, 0.1) is 0 Å². The van der Waals surface area contributed by atoms with E-state index in [-0.39, 0.29) is 5.97 Å². The zero-order valence-corrected chi connectivity index (χ0v) is 11.9. The third kappa shape index (κ3) is 3.63. The van der Waals surface area contributed by atoms with Gasteiger partial charge in [-0.1, -0.05) is 25.5 Å². The van der Waals surface area contributed by atoms with Gasteiger partial charge in [-0.15, -0.1) is 0 Å². The molecule has 4 heteroatoms. The van der Waals surface area contributed by atoms with E-state index in [1.807, 2.05) is 6.07 Å². The molecule has 0 saturated heterocycles. The van der Waals surface area contributed by atoms with Crippen molar-refractivity contribution in [2.75, 3.05) is 12.4 Å². The lowest BCUT2D eigenvalue weighted by Crippen LogP contribution is -2.03. The molecule has 20 heavy (non-hydrogen) atoms. The van der Waals surface area contributed by atoms with Crippen LogP contribution in [0.3, 0.4) is 0 Å². The molecule has 4 nitrogen and oxygen atoms in total. The Morgan fingerprint density at radius 2 is 1.95 bits per heavy atom. The van der Waals surface area contributed by atoms with Crippen molar-refractivity contribution in [2.45, 2.75) is 26.3 Å². The van der Waals surface area contributed by atoms with Gasteiger partial charge in [0.25, 0.3) is 0 Å². The van der Waals surface area contributed by atoms with Crippen molar-refractivity contribution in [3.8, 4) is 0 Å². The van der Waals surface area contributed by atoms with Gasteiger partial charge in [-0.05, 0) is 36.2 Å². The number of aromatic amines is 1. The zero-order valence-electron chi connectivity index (χ0n) is 11.9. The molecule has 1 aromatic carbocycles. The fourth-order valence-electron chi connectivity index (χ4n) is 2.05. The Kier molecular flexibility index (Phi) is 4.82. The summed E-state index contributed by atoms with van der Waals surface area (Å²) in [6, 6.07) is 12.0. The normalized spacial score (nSPS) is 10.3. The quantitative estimate of drug-likeness (QED) is 0.793. The number of aryl methyl sites for hydroxylation is 1. The Morgan fingerprint density at radius 1 is 1.20 bits per heavy atom.